The lowest BCUT2D eigenvalue weighted by Crippen LogP contribution is -2.40. The first kappa shape index (κ1) is 31.0. The fourth-order valence-electron chi connectivity index (χ4n) is 5.22. The normalized spacial score (nSPS) is 14.7. The van der Waals surface area contributed by atoms with E-state index in [4.69, 9.17) is 35.2 Å². The van der Waals surface area contributed by atoms with Crippen molar-refractivity contribution in [3.05, 3.63) is 107 Å². The predicted molar refractivity (Wildman–Crippen MR) is 168 cm³/mol. The maximum atomic E-state index is 14.1. The molecule has 0 fully saturated rings. The number of esters is 2. The van der Waals surface area contributed by atoms with E-state index < -0.39 is 18.0 Å². The highest BCUT2D eigenvalue weighted by molar-refractivity contribution is 7.07. The summed E-state index contributed by atoms with van der Waals surface area (Å²) in [5, 5.41) is 0.429. The molecule has 0 radical (unpaired) electrons. The number of benzene rings is 2. The minimum Gasteiger partial charge on any atom is -0.496 e. The Morgan fingerprint density at radius 1 is 1.09 bits per heavy atom. The van der Waals surface area contributed by atoms with Gasteiger partial charge < -0.3 is 18.6 Å². The molecule has 2 aromatic heterocycles. The lowest BCUT2D eigenvalue weighted by molar-refractivity contribution is -0.139. The zero-order valence-corrected chi connectivity index (χ0v) is 26.5. The molecule has 0 amide bonds. The van der Waals surface area contributed by atoms with Crippen LogP contribution in [0.3, 0.4) is 0 Å². The average Bonchev–Trinajstić information content (AvgIpc) is 3.60. The second-order valence-corrected chi connectivity index (χ2v) is 11.5. The van der Waals surface area contributed by atoms with Crippen LogP contribution in [0.4, 0.5) is 0 Å². The fraction of sp³-hybridized carbons (Fsp3) is 0.273. The number of fused-ring (bicyclic) bond motifs is 1. The smallest absolute Gasteiger partial charge is 0.338 e. The highest BCUT2D eigenvalue weighted by atomic mass is 35.5. The maximum Gasteiger partial charge on any atom is 0.338 e. The first-order chi connectivity index (χ1) is 21.2. The minimum atomic E-state index is -0.870. The van der Waals surface area contributed by atoms with E-state index in [1.54, 1.807) is 61.5 Å². The summed E-state index contributed by atoms with van der Waals surface area (Å²) in [6.45, 7) is 5.77. The lowest BCUT2D eigenvalue weighted by atomic mass is 9.93. The average molecular weight is 635 g/mol. The number of hydrogen-bond acceptors (Lipinski definition) is 9. The van der Waals surface area contributed by atoms with Crippen molar-refractivity contribution < 1.29 is 28.2 Å². The molecule has 0 saturated carbocycles. The van der Waals surface area contributed by atoms with Gasteiger partial charge in [0.15, 0.2) is 4.80 Å². The monoisotopic (exact) mass is 634 g/mol. The Bertz CT molecular complexity index is 1970. The number of methoxy groups -OCH3 is 2. The Morgan fingerprint density at radius 3 is 2.57 bits per heavy atom. The molecule has 9 nitrogen and oxygen atoms in total. The van der Waals surface area contributed by atoms with E-state index >= 15 is 0 Å². The Hall–Kier alpha value is -4.41. The van der Waals surface area contributed by atoms with Gasteiger partial charge in [0.2, 0.25) is 0 Å². The summed E-state index contributed by atoms with van der Waals surface area (Å²) in [6.07, 6.45) is 2.89. The largest absolute Gasteiger partial charge is 0.496 e. The Balaban J connectivity index is 1.66. The van der Waals surface area contributed by atoms with Crippen LogP contribution >= 0.6 is 22.9 Å². The van der Waals surface area contributed by atoms with Gasteiger partial charge in [0.1, 0.15) is 23.3 Å². The molecule has 4 aromatic rings. The Labute approximate surface area is 262 Å². The summed E-state index contributed by atoms with van der Waals surface area (Å²) < 4.78 is 23.9. The predicted octanol–water partition coefficient (Wildman–Crippen LogP) is 5.60. The molecule has 1 aliphatic rings. The first-order valence-corrected chi connectivity index (χ1v) is 15.2. The molecule has 3 heterocycles. The molecule has 0 spiro atoms. The van der Waals surface area contributed by atoms with Crippen LogP contribution in [-0.4, -0.2) is 37.3 Å². The molecule has 0 N–H and O–H groups in total. The molecule has 2 aromatic carbocycles. The molecule has 44 heavy (non-hydrogen) atoms. The molecule has 0 aliphatic carbocycles. The molecule has 0 unspecified atom stereocenters. The summed E-state index contributed by atoms with van der Waals surface area (Å²) in [7, 11) is 2.86. The zero-order valence-electron chi connectivity index (χ0n) is 24.9. The van der Waals surface area contributed by atoms with Crippen LogP contribution in [-0.2, 0) is 14.3 Å². The first-order valence-electron chi connectivity index (χ1n) is 14.0. The summed E-state index contributed by atoms with van der Waals surface area (Å²) in [5.74, 6) is 0.534. The maximum absolute atomic E-state index is 14.1. The number of halogens is 1. The minimum absolute atomic E-state index is 0.164. The number of nitrogens with zero attached hydrogens (tertiary/aromatic N) is 2. The number of aryl methyl sites for hydroxylation is 1. The SMILES string of the molecule is CCCC1=C(C(=O)OCC)[C@H](c2cc(Cl)ccc2OC)n2c(s/c(=C\c3ccc(-c4ccc(C(=O)OC)cc4C)o3)c2=O)=N1. The van der Waals surface area contributed by atoms with Gasteiger partial charge in [-0.1, -0.05) is 42.3 Å². The third-order valence-corrected chi connectivity index (χ3v) is 8.41. The van der Waals surface area contributed by atoms with E-state index in [1.165, 1.54) is 30.1 Å². The van der Waals surface area contributed by atoms with Crippen molar-refractivity contribution in [1.82, 2.24) is 4.57 Å². The Morgan fingerprint density at radius 2 is 1.89 bits per heavy atom. The number of hydrogen-bond donors (Lipinski definition) is 0. The van der Waals surface area contributed by atoms with Gasteiger partial charge in [-0.2, -0.15) is 0 Å². The van der Waals surface area contributed by atoms with Crippen molar-refractivity contribution in [2.45, 2.75) is 39.7 Å². The number of rotatable bonds is 9. The number of furan rings is 1. The third-order valence-electron chi connectivity index (χ3n) is 7.19. The van der Waals surface area contributed by atoms with Crippen molar-refractivity contribution >= 4 is 41.0 Å². The van der Waals surface area contributed by atoms with Crippen LogP contribution in [0.25, 0.3) is 17.4 Å². The number of thiazole rings is 1. The Kier molecular flexibility index (Phi) is 9.22. The van der Waals surface area contributed by atoms with E-state index in [0.29, 0.717) is 54.9 Å². The fourth-order valence-corrected chi connectivity index (χ4v) is 6.40. The summed E-state index contributed by atoms with van der Waals surface area (Å²) in [5.41, 5.74) is 3.10. The molecular formula is C33H31ClN2O7S. The van der Waals surface area contributed by atoms with E-state index in [2.05, 4.69) is 0 Å². The van der Waals surface area contributed by atoms with Crippen molar-refractivity contribution in [2.24, 2.45) is 4.99 Å². The van der Waals surface area contributed by atoms with Gasteiger partial charge in [-0.05, 0) is 68.3 Å². The van der Waals surface area contributed by atoms with Crippen molar-refractivity contribution in [3.63, 3.8) is 0 Å². The van der Waals surface area contributed by atoms with Crippen LogP contribution in [0, 0.1) is 6.92 Å². The molecule has 11 heteroatoms. The van der Waals surface area contributed by atoms with Gasteiger partial charge in [-0.3, -0.25) is 9.36 Å². The van der Waals surface area contributed by atoms with Crippen LogP contribution in [0.15, 0.2) is 74.0 Å². The summed E-state index contributed by atoms with van der Waals surface area (Å²) in [6, 6.07) is 13.0. The second kappa shape index (κ2) is 13.1. The molecule has 1 atom stereocenters. The van der Waals surface area contributed by atoms with Crippen LogP contribution < -0.4 is 19.6 Å². The highest BCUT2D eigenvalue weighted by Crippen LogP contribution is 2.38. The van der Waals surface area contributed by atoms with E-state index in [1.807, 2.05) is 13.8 Å². The summed E-state index contributed by atoms with van der Waals surface area (Å²) >= 11 is 7.62. The molecule has 0 saturated heterocycles. The van der Waals surface area contributed by atoms with Gasteiger partial charge in [0.05, 0.1) is 42.2 Å². The number of ether oxygens (including phenoxy) is 3. The van der Waals surface area contributed by atoms with E-state index in [9.17, 15) is 14.4 Å². The van der Waals surface area contributed by atoms with Crippen LogP contribution in [0.1, 0.15) is 60.0 Å². The van der Waals surface area contributed by atoms with Gasteiger partial charge in [0, 0.05) is 22.2 Å². The third kappa shape index (κ3) is 5.87. The molecule has 5 rings (SSSR count). The standard InChI is InChI=1S/C33H31ClN2O7S/c1-6-8-24-28(32(39)42-7-2)29(23-16-20(34)10-13-25(23)40-4)36-30(37)27(44-33(36)35-24)17-21-11-14-26(43-21)22-12-9-19(15-18(22)3)31(38)41-5/h9-17,29H,6-8H2,1-5H3/b27-17-/t29-/m0/s1. The van der Waals surface area contributed by atoms with Crippen molar-refractivity contribution in [3.8, 4) is 17.1 Å². The van der Waals surface area contributed by atoms with Crippen molar-refractivity contribution in [2.75, 3.05) is 20.8 Å². The van der Waals surface area contributed by atoms with E-state index in [0.717, 1.165) is 17.5 Å². The van der Waals surface area contributed by atoms with Gasteiger partial charge in [-0.25, -0.2) is 14.6 Å². The quantitative estimate of drug-likeness (QED) is 0.221. The molecule has 0 bridgehead atoms. The number of allylic oxidation sites excluding steroid dienone is 1. The van der Waals surface area contributed by atoms with Gasteiger partial charge in [0.25, 0.3) is 5.56 Å². The van der Waals surface area contributed by atoms with Gasteiger partial charge in [-0.15, -0.1) is 0 Å². The molecule has 228 valence electrons. The summed E-state index contributed by atoms with van der Waals surface area (Å²) in [4.78, 5) is 44.7. The molecular weight excluding hydrogens is 604 g/mol. The van der Waals surface area contributed by atoms with Crippen LogP contribution in [0.2, 0.25) is 5.02 Å². The number of aromatic nitrogens is 1. The second-order valence-electron chi connectivity index (χ2n) is 10.0. The van der Waals surface area contributed by atoms with Crippen molar-refractivity contribution in [1.29, 1.82) is 0 Å². The molecule has 1 aliphatic heterocycles. The zero-order chi connectivity index (χ0) is 31.5. The van der Waals surface area contributed by atoms with Crippen LogP contribution in [0.5, 0.6) is 5.75 Å². The number of carbonyl (C=O) groups is 2. The lowest BCUT2D eigenvalue weighted by Gasteiger charge is -2.27. The highest BCUT2D eigenvalue weighted by Gasteiger charge is 2.36. The van der Waals surface area contributed by atoms with E-state index in [-0.39, 0.29) is 17.7 Å². The van der Waals surface area contributed by atoms with Gasteiger partial charge >= 0.3 is 11.9 Å². The topological polar surface area (TPSA) is 109 Å². The number of carbonyl (C=O) groups excluding carboxylic acids is 2.